The van der Waals surface area contributed by atoms with Crippen molar-refractivity contribution in [2.75, 3.05) is 0 Å². The topological polar surface area (TPSA) is 110 Å². The third kappa shape index (κ3) is 4.28. The van der Waals surface area contributed by atoms with Gasteiger partial charge in [-0.25, -0.2) is 0 Å². The second kappa shape index (κ2) is 8.44. The molecule has 0 aromatic carbocycles. The summed E-state index contributed by atoms with van der Waals surface area (Å²) >= 11 is 0. The van der Waals surface area contributed by atoms with E-state index in [1.54, 1.807) is 6.92 Å². The van der Waals surface area contributed by atoms with E-state index in [1.807, 2.05) is 20.8 Å². The van der Waals surface area contributed by atoms with E-state index in [1.165, 1.54) is 0 Å². The van der Waals surface area contributed by atoms with Gasteiger partial charge in [0.2, 0.25) is 0 Å². The summed E-state index contributed by atoms with van der Waals surface area (Å²) in [7, 11) is 0. The van der Waals surface area contributed by atoms with E-state index in [0.717, 1.165) is 6.42 Å². The van der Waals surface area contributed by atoms with Crippen LogP contribution in [0.15, 0.2) is 0 Å². The average Bonchev–Trinajstić information content (AvgIpc) is 2.96. The van der Waals surface area contributed by atoms with E-state index in [0.29, 0.717) is 25.7 Å². The van der Waals surface area contributed by atoms with E-state index in [-0.39, 0.29) is 23.9 Å². The normalized spacial score (nSPS) is 46.5. The molecule has 0 aromatic rings. The van der Waals surface area contributed by atoms with Gasteiger partial charge in [-0.2, -0.15) is 0 Å². The lowest BCUT2D eigenvalue weighted by molar-refractivity contribution is -0.175. The van der Waals surface area contributed by atoms with E-state index in [4.69, 9.17) is 9.47 Å². The molecule has 0 amide bonds. The minimum absolute atomic E-state index is 0.0242. The molecule has 0 radical (unpaired) electrons. The third-order valence-corrected chi connectivity index (χ3v) is 7.12. The van der Waals surface area contributed by atoms with Crippen molar-refractivity contribution in [2.45, 2.75) is 96.2 Å². The molecule has 29 heavy (non-hydrogen) atoms. The Bertz CT molecular complexity index is 662. The summed E-state index contributed by atoms with van der Waals surface area (Å²) in [4.78, 5) is 38.5. The van der Waals surface area contributed by atoms with Crippen molar-refractivity contribution < 1.29 is 34.1 Å². The molecule has 4 aliphatic rings. The first-order valence-corrected chi connectivity index (χ1v) is 10.9. The molecule has 0 aliphatic carbocycles. The van der Waals surface area contributed by atoms with Crippen molar-refractivity contribution in [3.05, 3.63) is 0 Å². The highest BCUT2D eigenvalue weighted by Crippen LogP contribution is 2.42. The fraction of sp³-hybridized carbons (Fsp3) is 0.864. The Hall–Kier alpha value is -1.31. The number of hydrogen-bond donors (Lipinski definition) is 2. The average molecular weight is 411 g/mol. The highest BCUT2D eigenvalue weighted by atomic mass is 16.5. The van der Waals surface area contributed by atoms with Crippen molar-refractivity contribution in [1.82, 2.24) is 0 Å². The number of hydrogen-bond acceptors (Lipinski definition) is 7. The number of carbonyl (C=O) groups excluding carboxylic acids is 3. The third-order valence-electron chi connectivity index (χ3n) is 7.12. The molecule has 7 nitrogen and oxygen atoms in total. The summed E-state index contributed by atoms with van der Waals surface area (Å²) < 4.78 is 11.7. The number of Topliss-reactive ketones (excluding diaryl/α,β-unsaturated/α-hetero) is 2. The first-order valence-electron chi connectivity index (χ1n) is 10.9. The molecule has 4 fully saturated rings. The predicted molar refractivity (Wildman–Crippen MR) is 104 cm³/mol. The van der Waals surface area contributed by atoms with Crippen molar-refractivity contribution >= 4 is 17.5 Å². The molecule has 9 unspecified atom stereocenters. The lowest BCUT2D eigenvalue weighted by atomic mass is 9.77. The zero-order valence-corrected chi connectivity index (χ0v) is 17.8. The van der Waals surface area contributed by atoms with Gasteiger partial charge in [-0.1, -0.05) is 27.2 Å². The minimum Gasteiger partial charge on any atom is -0.461 e. The number of ether oxygens (including phenoxy) is 2. The SMILES string of the molecule is CCCC1C(=O)C2CCC3(C)CC(C)C(O3)C(O)C(O)C(C)C(=O)CC1OC2=O. The molecule has 4 rings (SSSR count). The molecule has 0 aromatic heterocycles. The van der Waals surface area contributed by atoms with Crippen LogP contribution >= 0.6 is 0 Å². The van der Waals surface area contributed by atoms with E-state index >= 15 is 0 Å². The van der Waals surface area contributed by atoms with Crippen LogP contribution in [0.2, 0.25) is 0 Å². The molecule has 164 valence electrons. The Morgan fingerprint density at radius 2 is 1.83 bits per heavy atom. The van der Waals surface area contributed by atoms with Crippen LogP contribution in [-0.4, -0.2) is 57.8 Å². The molecular formula is C22H34O7. The van der Waals surface area contributed by atoms with Crippen LogP contribution in [0, 0.1) is 23.7 Å². The Labute approximate surface area is 172 Å². The first-order chi connectivity index (χ1) is 13.6. The number of aliphatic hydroxyl groups excluding tert-OH is 2. The van der Waals surface area contributed by atoms with Crippen LogP contribution in [-0.2, 0) is 23.9 Å². The zero-order chi connectivity index (χ0) is 21.5. The van der Waals surface area contributed by atoms with E-state index in [9.17, 15) is 24.6 Å². The van der Waals surface area contributed by atoms with Gasteiger partial charge in [0.05, 0.1) is 23.7 Å². The lowest BCUT2D eigenvalue weighted by Crippen LogP contribution is -2.50. The Kier molecular flexibility index (Phi) is 6.51. The molecule has 4 heterocycles. The van der Waals surface area contributed by atoms with Crippen LogP contribution in [0.1, 0.15) is 66.2 Å². The quantitative estimate of drug-likeness (QED) is 0.528. The van der Waals surface area contributed by atoms with Gasteiger partial charge < -0.3 is 19.7 Å². The van der Waals surface area contributed by atoms with Crippen molar-refractivity contribution in [1.29, 1.82) is 0 Å². The van der Waals surface area contributed by atoms with Gasteiger partial charge in [0, 0.05) is 12.3 Å². The van der Waals surface area contributed by atoms with Gasteiger partial charge in [-0.15, -0.1) is 0 Å². The molecule has 0 saturated carbocycles. The number of esters is 1. The summed E-state index contributed by atoms with van der Waals surface area (Å²) in [6.45, 7) is 7.37. The molecule has 4 saturated heterocycles. The maximum Gasteiger partial charge on any atom is 0.316 e. The predicted octanol–water partition coefficient (Wildman–Crippen LogP) is 1.81. The van der Waals surface area contributed by atoms with Crippen LogP contribution in [0.25, 0.3) is 0 Å². The largest absolute Gasteiger partial charge is 0.461 e. The zero-order valence-electron chi connectivity index (χ0n) is 17.8. The van der Waals surface area contributed by atoms with Crippen molar-refractivity contribution in [3.63, 3.8) is 0 Å². The van der Waals surface area contributed by atoms with Gasteiger partial charge in [0.15, 0.2) is 5.78 Å². The van der Waals surface area contributed by atoms with Gasteiger partial charge >= 0.3 is 5.97 Å². The maximum absolute atomic E-state index is 13.1. The summed E-state index contributed by atoms with van der Waals surface area (Å²) in [6, 6.07) is 0. The number of fused-ring (bicyclic) bond motifs is 7. The second-order valence-electron chi connectivity index (χ2n) is 9.52. The fourth-order valence-corrected chi connectivity index (χ4v) is 5.33. The second-order valence-corrected chi connectivity index (χ2v) is 9.52. The molecule has 2 N–H and O–H groups in total. The summed E-state index contributed by atoms with van der Waals surface area (Å²) in [6.07, 6.45) is -1.25. The summed E-state index contributed by atoms with van der Waals surface area (Å²) in [5.41, 5.74) is -0.611. The summed E-state index contributed by atoms with van der Waals surface area (Å²) in [5, 5.41) is 21.4. The number of aliphatic hydroxyl groups is 2. The minimum atomic E-state index is -1.28. The Morgan fingerprint density at radius 3 is 2.48 bits per heavy atom. The Balaban J connectivity index is 1.95. The molecule has 7 heteroatoms. The van der Waals surface area contributed by atoms with E-state index < -0.39 is 53.7 Å². The van der Waals surface area contributed by atoms with Gasteiger partial charge in [-0.05, 0) is 38.5 Å². The number of ketones is 2. The fourth-order valence-electron chi connectivity index (χ4n) is 5.33. The highest BCUT2D eigenvalue weighted by molar-refractivity contribution is 6.02. The molecule has 4 aliphatic heterocycles. The monoisotopic (exact) mass is 410 g/mol. The van der Waals surface area contributed by atoms with Gasteiger partial charge in [0.25, 0.3) is 0 Å². The van der Waals surface area contributed by atoms with Crippen LogP contribution < -0.4 is 0 Å². The Morgan fingerprint density at radius 1 is 1.14 bits per heavy atom. The summed E-state index contributed by atoms with van der Waals surface area (Å²) in [5.74, 6) is -3.24. The molecule has 9 atom stereocenters. The van der Waals surface area contributed by atoms with Crippen LogP contribution in [0.4, 0.5) is 0 Å². The molecule has 0 spiro atoms. The smallest absolute Gasteiger partial charge is 0.316 e. The van der Waals surface area contributed by atoms with Crippen molar-refractivity contribution in [3.8, 4) is 0 Å². The number of carbonyl (C=O) groups is 3. The van der Waals surface area contributed by atoms with Crippen molar-refractivity contribution in [2.24, 2.45) is 23.7 Å². The highest BCUT2D eigenvalue weighted by Gasteiger charge is 2.51. The number of rotatable bonds is 2. The van der Waals surface area contributed by atoms with Gasteiger partial charge in [-0.3, -0.25) is 14.4 Å². The maximum atomic E-state index is 13.1. The van der Waals surface area contributed by atoms with Gasteiger partial charge in [0.1, 0.15) is 23.9 Å². The van der Waals surface area contributed by atoms with E-state index in [2.05, 4.69) is 0 Å². The van der Waals surface area contributed by atoms with Crippen LogP contribution in [0.5, 0.6) is 0 Å². The molecular weight excluding hydrogens is 376 g/mol. The molecule has 4 bridgehead atoms. The standard InChI is InChI=1S/C22H34O7/c1-5-6-13-16-9-15(23)12(3)17(24)19(26)20-11(2)10-22(4,29-20)8-7-14(18(13)25)21(27)28-16/h11-14,16-17,19-20,24,26H,5-10H2,1-4H3. The lowest BCUT2D eigenvalue weighted by Gasteiger charge is -2.37. The first kappa shape index (κ1) is 22.4. The van der Waals surface area contributed by atoms with Crippen LogP contribution in [0.3, 0.4) is 0 Å².